The molecule has 0 saturated carbocycles. The summed E-state index contributed by atoms with van der Waals surface area (Å²) in [5, 5.41) is 12.2. The normalized spacial score (nSPS) is 13.1. The number of aryl methyl sites for hydroxylation is 1. The number of aromatic nitrogens is 2. The Morgan fingerprint density at radius 1 is 1.15 bits per heavy atom. The first-order valence-electron chi connectivity index (χ1n) is 12.0. The van der Waals surface area contributed by atoms with Crippen LogP contribution < -0.4 is 20.7 Å². The molecule has 39 heavy (non-hydrogen) atoms. The van der Waals surface area contributed by atoms with Crippen molar-refractivity contribution < 1.29 is 22.3 Å². The summed E-state index contributed by atoms with van der Waals surface area (Å²) in [6.45, 7) is 1.94. The minimum atomic E-state index is -3.87. The topological polar surface area (TPSA) is 143 Å². The molecular formula is C27H25FN6O4S. The van der Waals surface area contributed by atoms with Gasteiger partial charge in [0.25, 0.3) is 0 Å². The van der Waals surface area contributed by atoms with Crippen molar-refractivity contribution in [3.8, 4) is 17.3 Å². The van der Waals surface area contributed by atoms with E-state index in [2.05, 4.69) is 10.3 Å². The van der Waals surface area contributed by atoms with Crippen LogP contribution in [-0.4, -0.2) is 42.1 Å². The predicted octanol–water partition coefficient (Wildman–Crippen LogP) is 3.98. The van der Waals surface area contributed by atoms with Crippen LogP contribution in [0.15, 0.2) is 77.8 Å². The Balaban J connectivity index is 1.46. The Morgan fingerprint density at radius 2 is 1.95 bits per heavy atom. The van der Waals surface area contributed by atoms with Crippen molar-refractivity contribution in [2.24, 2.45) is 5.73 Å². The molecule has 3 heterocycles. The highest BCUT2D eigenvalue weighted by Crippen LogP contribution is 2.34. The van der Waals surface area contributed by atoms with Gasteiger partial charge in [0.1, 0.15) is 5.69 Å². The van der Waals surface area contributed by atoms with Crippen molar-refractivity contribution >= 4 is 33.0 Å². The third-order valence-electron chi connectivity index (χ3n) is 6.19. The zero-order valence-electron chi connectivity index (χ0n) is 20.9. The van der Waals surface area contributed by atoms with E-state index in [-0.39, 0.29) is 41.1 Å². The third kappa shape index (κ3) is 5.18. The summed E-state index contributed by atoms with van der Waals surface area (Å²) in [6.07, 6.45) is 1.38. The van der Waals surface area contributed by atoms with Crippen LogP contribution in [0.3, 0.4) is 0 Å². The number of nitrogens with two attached hydrogens (primary N) is 1. The molecule has 12 heteroatoms. The number of ether oxygens (including phenoxy) is 1. The van der Waals surface area contributed by atoms with E-state index in [4.69, 9.17) is 15.9 Å². The van der Waals surface area contributed by atoms with Gasteiger partial charge in [0, 0.05) is 36.1 Å². The summed E-state index contributed by atoms with van der Waals surface area (Å²) < 4.78 is 48.4. The maximum atomic E-state index is 15.1. The molecule has 0 spiro atoms. The highest BCUT2D eigenvalue weighted by atomic mass is 32.2. The monoisotopic (exact) mass is 548 g/mol. The summed E-state index contributed by atoms with van der Waals surface area (Å²) in [5.41, 5.74) is 7.66. The third-order valence-corrected chi connectivity index (χ3v) is 7.94. The summed E-state index contributed by atoms with van der Waals surface area (Å²) in [4.78, 5) is 16.9. The van der Waals surface area contributed by atoms with Crippen LogP contribution in [-0.2, 0) is 14.6 Å². The van der Waals surface area contributed by atoms with Gasteiger partial charge in [-0.15, -0.1) is 0 Å². The van der Waals surface area contributed by atoms with Gasteiger partial charge in [-0.1, -0.05) is 18.2 Å². The fourth-order valence-electron chi connectivity index (χ4n) is 4.31. The number of halogens is 1. The standard InChI is InChI=1S/C27H25FN6O4S/c1-17-5-4-8-25(32-17)38-22-10-9-18(15-19(22)28)33-13-11-20-26(33)27(30)34(16-31-20)21-6-2-3-7-23(21)39(36,37)14-12-24(29)35/h2-11,13,15,30-31H,12,14,16H2,1H3,(H2,29,35). The fourth-order valence-corrected chi connectivity index (χ4v) is 5.78. The molecule has 0 unspecified atom stereocenters. The van der Waals surface area contributed by atoms with Crippen molar-refractivity contribution in [1.82, 2.24) is 9.55 Å². The molecule has 4 N–H and O–H groups in total. The largest absolute Gasteiger partial charge is 0.436 e. The Bertz CT molecular complexity index is 1700. The fraction of sp³-hybridized carbons (Fsp3) is 0.148. The highest BCUT2D eigenvalue weighted by molar-refractivity contribution is 7.91. The number of hydrogen-bond acceptors (Lipinski definition) is 7. The quantitative estimate of drug-likeness (QED) is 0.302. The number of amidine groups is 1. The van der Waals surface area contributed by atoms with Crippen LogP contribution >= 0.6 is 0 Å². The van der Waals surface area contributed by atoms with E-state index in [0.717, 1.165) is 5.69 Å². The van der Waals surface area contributed by atoms with Crippen molar-refractivity contribution in [3.05, 3.63) is 90.1 Å². The zero-order valence-corrected chi connectivity index (χ0v) is 21.7. The molecule has 0 atom stereocenters. The maximum absolute atomic E-state index is 15.1. The van der Waals surface area contributed by atoms with Gasteiger partial charge in [-0.05, 0) is 43.3 Å². The van der Waals surface area contributed by atoms with Gasteiger partial charge in [0.2, 0.25) is 11.8 Å². The second kappa shape index (κ2) is 10.2. The van der Waals surface area contributed by atoms with E-state index in [9.17, 15) is 13.2 Å². The molecule has 10 nitrogen and oxygen atoms in total. The number of fused-ring (bicyclic) bond motifs is 1. The second-order valence-electron chi connectivity index (χ2n) is 8.90. The molecule has 1 amide bonds. The lowest BCUT2D eigenvalue weighted by Crippen LogP contribution is -2.41. The highest BCUT2D eigenvalue weighted by Gasteiger charge is 2.30. The van der Waals surface area contributed by atoms with Crippen molar-refractivity contribution in [1.29, 1.82) is 5.41 Å². The van der Waals surface area contributed by atoms with E-state index >= 15 is 4.39 Å². The number of carbonyl (C=O) groups is 1. The maximum Gasteiger partial charge on any atom is 0.219 e. The number of hydrogen-bond donors (Lipinski definition) is 3. The summed E-state index contributed by atoms with van der Waals surface area (Å²) in [7, 11) is -3.87. The molecule has 4 aromatic rings. The van der Waals surface area contributed by atoms with Gasteiger partial charge < -0.3 is 25.3 Å². The zero-order chi connectivity index (χ0) is 27.7. The predicted molar refractivity (Wildman–Crippen MR) is 145 cm³/mol. The lowest BCUT2D eigenvalue weighted by Gasteiger charge is -2.32. The Labute approximate surface area is 224 Å². The van der Waals surface area contributed by atoms with Crippen molar-refractivity contribution in [2.75, 3.05) is 22.6 Å². The second-order valence-corrected chi connectivity index (χ2v) is 11.0. The molecule has 2 aromatic heterocycles. The van der Waals surface area contributed by atoms with E-state index in [1.54, 1.807) is 53.2 Å². The van der Waals surface area contributed by atoms with Gasteiger partial charge in [-0.25, -0.2) is 17.8 Å². The molecule has 1 aliphatic rings. The van der Waals surface area contributed by atoms with Crippen molar-refractivity contribution in [3.63, 3.8) is 0 Å². The molecular weight excluding hydrogens is 523 g/mol. The molecule has 0 radical (unpaired) electrons. The minimum Gasteiger partial charge on any atom is -0.436 e. The molecule has 1 aliphatic heterocycles. The molecule has 2 aromatic carbocycles. The molecule has 0 fully saturated rings. The smallest absolute Gasteiger partial charge is 0.219 e. The number of primary amides is 1. The number of rotatable bonds is 8. The number of nitrogens with zero attached hydrogens (tertiary/aromatic N) is 3. The van der Waals surface area contributed by atoms with E-state index in [1.165, 1.54) is 23.1 Å². The molecule has 5 rings (SSSR count). The Morgan fingerprint density at radius 3 is 2.69 bits per heavy atom. The summed E-state index contributed by atoms with van der Waals surface area (Å²) in [5.74, 6) is -1.49. The Kier molecular flexibility index (Phi) is 6.79. The number of para-hydroxylation sites is 1. The summed E-state index contributed by atoms with van der Waals surface area (Å²) >= 11 is 0. The first kappa shape index (κ1) is 25.9. The number of pyridine rings is 1. The van der Waals surface area contributed by atoms with Gasteiger partial charge in [-0.2, -0.15) is 0 Å². The van der Waals surface area contributed by atoms with Crippen LogP contribution in [0.25, 0.3) is 5.69 Å². The lowest BCUT2D eigenvalue weighted by molar-refractivity contribution is -0.117. The summed E-state index contributed by atoms with van der Waals surface area (Å²) in [6, 6.07) is 17.7. The average Bonchev–Trinajstić information content (AvgIpc) is 3.34. The number of amides is 1. The number of benzene rings is 2. The average molecular weight is 549 g/mol. The van der Waals surface area contributed by atoms with Crippen molar-refractivity contribution in [2.45, 2.75) is 18.2 Å². The first-order chi connectivity index (χ1) is 18.6. The lowest BCUT2D eigenvalue weighted by atomic mass is 10.2. The molecule has 0 aliphatic carbocycles. The van der Waals surface area contributed by atoms with Crippen LogP contribution in [0.5, 0.6) is 11.6 Å². The van der Waals surface area contributed by atoms with Crippen LogP contribution in [0.2, 0.25) is 0 Å². The number of nitrogens with one attached hydrogen (secondary N) is 2. The number of anilines is 2. The minimum absolute atomic E-state index is 0.00259. The molecule has 0 saturated heterocycles. The Hall–Kier alpha value is -4.71. The van der Waals surface area contributed by atoms with Crippen LogP contribution in [0, 0.1) is 18.2 Å². The van der Waals surface area contributed by atoms with E-state index < -0.39 is 27.3 Å². The SMILES string of the molecule is Cc1cccc(Oc2ccc(-n3ccc4c3C(=N)N(c3ccccc3S(=O)(=O)CCC(N)=O)CN4)cc2F)n1. The number of carbonyl (C=O) groups excluding carboxylic acids is 1. The first-order valence-corrected chi connectivity index (χ1v) is 13.6. The van der Waals surface area contributed by atoms with Gasteiger partial charge >= 0.3 is 0 Å². The number of sulfone groups is 1. The van der Waals surface area contributed by atoms with E-state index in [0.29, 0.717) is 17.1 Å². The van der Waals surface area contributed by atoms with Gasteiger partial charge in [0.05, 0.1) is 28.7 Å². The van der Waals surface area contributed by atoms with Crippen LogP contribution in [0.1, 0.15) is 17.8 Å². The van der Waals surface area contributed by atoms with E-state index in [1.807, 2.05) is 13.0 Å². The van der Waals surface area contributed by atoms with Crippen LogP contribution in [0.4, 0.5) is 15.8 Å². The molecule has 200 valence electrons. The molecule has 0 bridgehead atoms. The van der Waals surface area contributed by atoms with Gasteiger partial charge in [-0.3, -0.25) is 10.2 Å². The van der Waals surface area contributed by atoms with Gasteiger partial charge in [0.15, 0.2) is 27.2 Å².